The third-order valence-corrected chi connectivity index (χ3v) is 3.29. The summed E-state index contributed by atoms with van der Waals surface area (Å²) in [6.45, 7) is 3.28. The average Bonchev–Trinajstić information content (AvgIpc) is 2.50. The van der Waals surface area contributed by atoms with Crippen molar-refractivity contribution in [2.24, 2.45) is 0 Å². The van der Waals surface area contributed by atoms with E-state index in [1.165, 1.54) is 16.3 Å². The number of nitrogens with one attached hydrogen (secondary N) is 2. The van der Waals surface area contributed by atoms with Gasteiger partial charge in [-0.3, -0.25) is 0 Å². The summed E-state index contributed by atoms with van der Waals surface area (Å²) in [7, 11) is 1.70. The fraction of sp³-hybridized carbons (Fsp3) is 0.375. The first kappa shape index (κ1) is 14.8. The zero-order valence-corrected chi connectivity index (χ0v) is 11.9. The highest BCUT2D eigenvalue weighted by atomic mass is 16.5. The maximum absolute atomic E-state index is 8.69. The van der Waals surface area contributed by atoms with Crippen LogP contribution in [0.25, 0.3) is 10.8 Å². The van der Waals surface area contributed by atoms with E-state index in [1.54, 1.807) is 7.11 Å². The fourth-order valence-electron chi connectivity index (χ4n) is 2.28. The quantitative estimate of drug-likeness (QED) is 0.639. The number of rotatable bonds is 8. The molecule has 4 heteroatoms. The summed E-state index contributed by atoms with van der Waals surface area (Å²) in [6.07, 6.45) is 0. The summed E-state index contributed by atoms with van der Waals surface area (Å²) in [6, 6.07) is 12.4. The normalized spacial score (nSPS) is 10.9. The van der Waals surface area contributed by atoms with Gasteiger partial charge in [-0.15, -0.1) is 0 Å². The van der Waals surface area contributed by atoms with Gasteiger partial charge in [0, 0.05) is 31.7 Å². The number of hydrogen-bond donors (Lipinski definition) is 3. The molecule has 0 aliphatic rings. The number of benzene rings is 2. The van der Waals surface area contributed by atoms with Crippen LogP contribution >= 0.6 is 0 Å². The van der Waals surface area contributed by atoms with Gasteiger partial charge in [0.1, 0.15) is 5.75 Å². The largest absolute Gasteiger partial charge is 0.496 e. The van der Waals surface area contributed by atoms with Crippen LogP contribution in [0.4, 0.5) is 0 Å². The van der Waals surface area contributed by atoms with Crippen molar-refractivity contribution < 1.29 is 9.84 Å². The van der Waals surface area contributed by atoms with Crippen molar-refractivity contribution in [3.8, 4) is 5.75 Å². The molecule has 0 unspecified atom stereocenters. The van der Waals surface area contributed by atoms with Crippen LogP contribution in [0.3, 0.4) is 0 Å². The van der Waals surface area contributed by atoms with Crippen LogP contribution in [0.1, 0.15) is 5.56 Å². The summed E-state index contributed by atoms with van der Waals surface area (Å²) in [5, 5.41) is 17.7. The smallest absolute Gasteiger partial charge is 0.123 e. The first-order valence-corrected chi connectivity index (χ1v) is 6.93. The zero-order valence-electron chi connectivity index (χ0n) is 11.9. The molecule has 0 amide bonds. The first-order valence-electron chi connectivity index (χ1n) is 6.93. The van der Waals surface area contributed by atoms with E-state index in [1.807, 2.05) is 18.2 Å². The minimum absolute atomic E-state index is 0.178. The molecule has 20 heavy (non-hydrogen) atoms. The summed E-state index contributed by atoms with van der Waals surface area (Å²) in [5.74, 6) is 0.916. The number of aliphatic hydroxyl groups is 1. The topological polar surface area (TPSA) is 53.5 Å². The van der Waals surface area contributed by atoms with Crippen molar-refractivity contribution >= 4 is 10.8 Å². The van der Waals surface area contributed by atoms with Gasteiger partial charge in [-0.05, 0) is 16.8 Å². The van der Waals surface area contributed by atoms with Crippen LogP contribution < -0.4 is 15.4 Å². The lowest BCUT2D eigenvalue weighted by Crippen LogP contribution is -2.28. The molecule has 0 fully saturated rings. The molecule has 2 aromatic carbocycles. The molecule has 0 aliphatic carbocycles. The maximum atomic E-state index is 8.69. The van der Waals surface area contributed by atoms with Gasteiger partial charge >= 0.3 is 0 Å². The first-order chi connectivity index (χ1) is 9.86. The van der Waals surface area contributed by atoms with E-state index >= 15 is 0 Å². The average molecular weight is 274 g/mol. The Kier molecular flexibility index (Phi) is 5.80. The lowest BCUT2D eigenvalue weighted by atomic mass is 10.0. The van der Waals surface area contributed by atoms with E-state index in [2.05, 4.69) is 28.8 Å². The van der Waals surface area contributed by atoms with Crippen LogP contribution in [0.2, 0.25) is 0 Å². The SMILES string of the molecule is COc1ccc2ccccc2c1CNCCNCCO. The Bertz CT molecular complexity index is 543. The van der Waals surface area contributed by atoms with Gasteiger partial charge in [0.05, 0.1) is 13.7 Å². The Labute approximate surface area is 119 Å². The summed E-state index contributed by atoms with van der Waals surface area (Å²) >= 11 is 0. The highest BCUT2D eigenvalue weighted by molar-refractivity contribution is 5.87. The molecule has 0 saturated heterocycles. The minimum Gasteiger partial charge on any atom is -0.496 e. The van der Waals surface area contributed by atoms with E-state index in [0.717, 1.165) is 25.4 Å². The Morgan fingerprint density at radius 3 is 2.60 bits per heavy atom. The molecule has 0 aliphatic heterocycles. The van der Waals surface area contributed by atoms with E-state index in [0.29, 0.717) is 6.54 Å². The molecule has 4 nitrogen and oxygen atoms in total. The molecule has 0 atom stereocenters. The highest BCUT2D eigenvalue weighted by Crippen LogP contribution is 2.27. The molecule has 0 heterocycles. The molecule has 0 saturated carbocycles. The molecule has 0 spiro atoms. The zero-order chi connectivity index (χ0) is 14.2. The van der Waals surface area contributed by atoms with Crippen LogP contribution in [0.15, 0.2) is 36.4 Å². The fourth-order valence-corrected chi connectivity index (χ4v) is 2.28. The standard InChI is InChI=1S/C16H22N2O2/c1-20-16-7-6-13-4-2-3-5-14(13)15(16)12-18-9-8-17-10-11-19/h2-7,17-19H,8-12H2,1H3. The van der Waals surface area contributed by atoms with Crippen LogP contribution in [0.5, 0.6) is 5.75 Å². The molecule has 3 N–H and O–H groups in total. The van der Waals surface area contributed by atoms with E-state index in [-0.39, 0.29) is 6.61 Å². The number of aliphatic hydroxyl groups excluding tert-OH is 1. The molecular formula is C16H22N2O2. The predicted octanol–water partition coefficient (Wildman–Crippen LogP) is 1.52. The van der Waals surface area contributed by atoms with Crippen molar-refractivity contribution in [2.45, 2.75) is 6.54 Å². The molecule has 0 bridgehead atoms. The van der Waals surface area contributed by atoms with E-state index in [9.17, 15) is 0 Å². The number of methoxy groups -OCH3 is 1. The second kappa shape index (κ2) is 7.85. The summed E-state index contributed by atoms with van der Waals surface area (Å²) in [4.78, 5) is 0. The van der Waals surface area contributed by atoms with Crippen LogP contribution in [-0.2, 0) is 6.54 Å². The Balaban J connectivity index is 2.03. The second-order valence-corrected chi connectivity index (χ2v) is 4.62. The Morgan fingerprint density at radius 1 is 1.00 bits per heavy atom. The molecule has 0 aromatic heterocycles. The molecule has 2 aromatic rings. The maximum Gasteiger partial charge on any atom is 0.123 e. The van der Waals surface area contributed by atoms with Crippen LogP contribution in [0, 0.1) is 0 Å². The third-order valence-electron chi connectivity index (χ3n) is 3.29. The van der Waals surface area contributed by atoms with Gasteiger partial charge < -0.3 is 20.5 Å². The van der Waals surface area contributed by atoms with Gasteiger partial charge in [0.25, 0.3) is 0 Å². The number of hydrogen-bond acceptors (Lipinski definition) is 4. The highest BCUT2D eigenvalue weighted by Gasteiger charge is 2.07. The monoisotopic (exact) mass is 274 g/mol. The van der Waals surface area contributed by atoms with Gasteiger partial charge in [0.2, 0.25) is 0 Å². The molecule has 108 valence electrons. The second-order valence-electron chi connectivity index (χ2n) is 4.62. The molecular weight excluding hydrogens is 252 g/mol. The van der Waals surface area contributed by atoms with Crippen molar-refractivity contribution in [1.29, 1.82) is 0 Å². The van der Waals surface area contributed by atoms with E-state index in [4.69, 9.17) is 9.84 Å². The van der Waals surface area contributed by atoms with Gasteiger partial charge in [-0.1, -0.05) is 30.3 Å². The van der Waals surface area contributed by atoms with Crippen molar-refractivity contribution in [1.82, 2.24) is 10.6 Å². The van der Waals surface area contributed by atoms with Crippen molar-refractivity contribution in [2.75, 3.05) is 33.4 Å². The minimum atomic E-state index is 0.178. The van der Waals surface area contributed by atoms with Gasteiger partial charge in [0.15, 0.2) is 0 Å². The summed E-state index contributed by atoms with van der Waals surface area (Å²) < 4.78 is 5.46. The van der Waals surface area contributed by atoms with Crippen molar-refractivity contribution in [3.63, 3.8) is 0 Å². The third kappa shape index (κ3) is 3.70. The molecule has 0 radical (unpaired) electrons. The van der Waals surface area contributed by atoms with Crippen molar-refractivity contribution in [3.05, 3.63) is 42.0 Å². The van der Waals surface area contributed by atoms with Crippen LogP contribution in [-0.4, -0.2) is 38.5 Å². The Morgan fingerprint density at radius 2 is 1.80 bits per heavy atom. The molecule has 2 rings (SSSR count). The number of ether oxygens (including phenoxy) is 1. The van der Waals surface area contributed by atoms with Gasteiger partial charge in [-0.2, -0.15) is 0 Å². The Hall–Kier alpha value is -1.62. The number of fused-ring (bicyclic) bond motifs is 1. The van der Waals surface area contributed by atoms with E-state index < -0.39 is 0 Å². The summed E-state index contributed by atoms with van der Waals surface area (Å²) in [5.41, 5.74) is 1.19. The predicted molar refractivity (Wildman–Crippen MR) is 82.2 cm³/mol. The van der Waals surface area contributed by atoms with Gasteiger partial charge in [-0.25, -0.2) is 0 Å². The lowest BCUT2D eigenvalue weighted by Gasteiger charge is -2.13. The lowest BCUT2D eigenvalue weighted by molar-refractivity contribution is 0.292.